The monoisotopic (exact) mass is 278 g/mol. The van der Waals surface area contributed by atoms with Crippen LogP contribution in [0.3, 0.4) is 0 Å². The molecule has 1 aromatic carbocycles. The van der Waals surface area contributed by atoms with Crippen LogP contribution in [0.25, 0.3) is 11.4 Å². The Morgan fingerprint density at radius 2 is 1.85 bits per heavy atom. The summed E-state index contributed by atoms with van der Waals surface area (Å²) in [6.07, 6.45) is 1.03. The van der Waals surface area contributed by atoms with Crippen LogP contribution >= 0.6 is 0 Å². The number of rotatable bonds is 5. The number of hydrogen-bond acceptors (Lipinski definition) is 5. The van der Waals surface area contributed by atoms with Gasteiger partial charge in [-0.2, -0.15) is 0 Å². The molecule has 0 aliphatic rings. The van der Waals surface area contributed by atoms with Gasteiger partial charge in [0.25, 0.3) is 0 Å². The van der Waals surface area contributed by atoms with Crippen LogP contribution in [0.5, 0.6) is 5.75 Å². The minimum absolute atomic E-state index is 0.145. The highest BCUT2D eigenvalue weighted by Crippen LogP contribution is 2.25. The van der Waals surface area contributed by atoms with E-state index in [4.69, 9.17) is 14.2 Å². The molecular weight excluding hydrogens is 263 g/mol. The SMILES string of the molecule is COc1cc(-c2nccc(C(OC)OC)n2)ccc1F. The lowest BCUT2D eigenvalue weighted by molar-refractivity contribution is -0.108. The standard InChI is InChI=1S/C14H15FN2O3/c1-18-12-8-9(4-5-10(12)15)13-16-7-6-11(17-13)14(19-2)20-3/h4-8,14H,1-3H3. The summed E-state index contributed by atoms with van der Waals surface area (Å²) < 4.78 is 28.6. The van der Waals surface area contributed by atoms with E-state index in [1.54, 1.807) is 24.4 Å². The minimum atomic E-state index is -0.570. The molecule has 0 atom stereocenters. The highest BCUT2D eigenvalue weighted by molar-refractivity contribution is 5.57. The molecule has 1 aromatic heterocycles. The summed E-state index contributed by atoms with van der Waals surface area (Å²) in [5.41, 5.74) is 1.24. The van der Waals surface area contributed by atoms with Gasteiger partial charge in [-0.05, 0) is 24.3 Å². The topological polar surface area (TPSA) is 53.5 Å². The Hall–Kier alpha value is -2.05. The van der Waals surface area contributed by atoms with Crippen LogP contribution in [0.1, 0.15) is 12.0 Å². The first kappa shape index (κ1) is 14.4. The molecule has 0 spiro atoms. The van der Waals surface area contributed by atoms with E-state index in [1.807, 2.05) is 0 Å². The Morgan fingerprint density at radius 1 is 1.10 bits per heavy atom. The van der Waals surface area contributed by atoms with Gasteiger partial charge in [0.05, 0.1) is 7.11 Å². The Bertz CT molecular complexity index is 588. The molecule has 0 unspecified atom stereocenters. The summed E-state index contributed by atoms with van der Waals surface area (Å²) >= 11 is 0. The van der Waals surface area contributed by atoms with Crippen molar-refractivity contribution in [2.24, 2.45) is 0 Å². The number of ether oxygens (including phenoxy) is 3. The fraction of sp³-hybridized carbons (Fsp3) is 0.286. The third-order valence-corrected chi connectivity index (χ3v) is 2.76. The maximum Gasteiger partial charge on any atom is 0.200 e. The molecule has 106 valence electrons. The third-order valence-electron chi connectivity index (χ3n) is 2.76. The zero-order valence-corrected chi connectivity index (χ0v) is 11.5. The smallest absolute Gasteiger partial charge is 0.200 e. The van der Waals surface area contributed by atoms with Crippen molar-refractivity contribution in [3.63, 3.8) is 0 Å². The quantitative estimate of drug-likeness (QED) is 0.787. The fourth-order valence-corrected chi connectivity index (χ4v) is 1.78. The van der Waals surface area contributed by atoms with E-state index >= 15 is 0 Å². The third kappa shape index (κ3) is 2.92. The van der Waals surface area contributed by atoms with Gasteiger partial charge in [-0.3, -0.25) is 0 Å². The van der Waals surface area contributed by atoms with E-state index in [-0.39, 0.29) is 5.75 Å². The molecule has 0 saturated heterocycles. The summed E-state index contributed by atoms with van der Waals surface area (Å²) in [5.74, 6) is 0.158. The van der Waals surface area contributed by atoms with Crippen LogP contribution in [0.15, 0.2) is 30.5 Å². The molecule has 2 rings (SSSR count). The molecular formula is C14H15FN2O3. The van der Waals surface area contributed by atoms with Gasteiger partial charge < -0.3 is 14.2 Å². The van der Waals surface area contributed by atoms with Crippen molar-refractivity contribution in [1.29, 1.82) is 0 Å². The number of halogens is 1. The Labute approximate surface area is 116 Å². The van der Waals surface area contributed by atoms with Crippen molar-refractivity contribution >= 4 is 0 Å². The van der Waals surface area contributed by atoms with Gasteiger partial charge >= 0.3 is 0 Å². The van der Waals surface area contributed by atoms with Crippen molar-refractivity contribution < 1.29 is 18.6 Å². The van der Waals surface area contributed by atoms with E-state index in [0.717, 1.165) is 0 Å². The molecule has 20 heavy (non-hydrogen) atoms. The highest BCUT2D eigenvalue weighted by Gasteiger charge is 2.13. The molecule has 0 saturated carbocycles. The average Bonchev–Trinajstić information content (AvgIpc) is 2.49. The summed E-state index contributed by atoms with van der Waals surface area (Å²) in [6, 6.07) is 6.14. The fourth-order valence-electron chi connectivity index (χ4n) is 1.78. The van der Waals surface area contributed by atoms with E-state index in [9.17, 15) is 4.39 Å². The Morgan fingerprint density at radius 3 is 2.50 bits per heavy atom. The summed E-state index contributed by atoms with van der Waals surface area (Å²) in [7, 11) is 4.46. The molecule has 0 radical (unpaired) electrons. The van der Waals surface area contributed by atoms with Gasteiger partial charge in [0, 0.05) is 26.0 Å². The zero-order chi connectivity index (χ0) is 14.5. The maximum absolute atomic E-state index is 13.4. The second-order valence-electron chi connectivity index (χ2n) is 3.96. The normalized spacial score (nSPS) is 10.8. The zero-order valence-electron chi connectivity index (χ0n) is 11.5. The second-order valence-corrected chi connectivity index (χ2v) is 3.96. The van der Waals surface area contributed by atoms with Crippen molar-refractivity contribution in [3.05, 3.63) is 42.0 Å². The molecule has 0 fully saturated rings. The second kappa shape index (κ2) is 6.40. The average molecular weight is 278 g/mol. The van der Waals surface area contributed by atoms with Crippen LogP contribution in [0.2, 0.25) is 0 Å². The van der Waals surface area contributed by atoms with Crippen molar-refractivity contribution in [3.8, 4) is 17.1 Å². The van der Waals surface area contributed by atoms with E-state index in [0.29, 0.717) is 17.1 Å². The summed E-state index contributed by atoms with van der Waals surface area (Å²) in [5, 5.41) is 0. The molecule has 0 bridgehead atoms. The highest BCUT2D eigenvalue weighted by atomic mass is 19.1. The number of aromatic nitrogens is 2. The van der Waals surface area contributed by atoms with Crippen LogP contribution in [-0.4, -0.2) is 31.3 Å². The Balaban J connectivity index is 2.40. The van der Waals surface area contributed by atoms with Crippen LogP contribution < -0.4 is 4.74 Å². The van der Waals surface area contributed by atoms with Crippen LogP contribution in [0, 0.1) is 5.82 Å². The Kier molecular flexibility index (Phi) is 4.60. The van der Waals surface area contributed by atoms with Crippen molar-refractivity contribution in [2.45, 2.75) is 6.29 Å². The number of methoxy groups -OCH3 is 3. The maximum atomic E-state index is 13.4. The predicted molar refractivity (Wildman–Crippen MR) is 70.7 cm³/mol. The molecule has 0 N–H and O–H groups in total. The molecule has 5 nitrogen and oxygen atoms in total. The molecule has 0 aliphatic heterocycles. The minimum Gasteiger partial charge on any atom is -0.494 e. The first-order chi connectivity index (χ1) is 9.69. The summed E-state index contributed by atoms with van der Waals surface area (Å²) in [6.45, 7) is 0. The predicted octanol–water partition coefficient (Wildman–Crippen LogP) is 2.58. The van der Waals surface area contributed by atoms with Gasteiger partial charge in [-0.1, -0.05) is 0 Å². The van der Waals surface area contributed by atoms with Crippen LogP contribution in [0.4, 0.5) is 4.39 Å². The molecule has 1 heterocycles. The molecule has 2 aromatic rings. The lowest BCUT2D eigenvalue weighted by Gasteiger charge is -2.13. The number of nitrogens with zero attached hydrogens (tertiary/aromatic N) is 2. The van der Waals surface area contributed by atoms with Crippen molar-refractivity contribution in [2.75, 3.05) is 21.3 Å². The van der Waals surface area contributed by atoms with Gasteiger partial charge in [-0.15, -0.1) is 0 Å². The van der Waals surface area contributed by atoms with Gasteiger partial charge in [0.1, 0.15) is 5.69 Å². The van der Waals surface area contributed by atoms with Crippen molar-refractivity contribution in [1.82, 2.24) is 9.97 Å². The summed E-state index contributed by atoms with van der Waals surface area (Å²) in [4.78, 5) is 8.52. The molecule has 0 amide bonds. The van der Waals surface area contributed by atoms with E-state index < -0.39 is 12.1 Å². The molecule has 0 aliphatic carbocycles. The first-order valence-electron chi connectivity index (χ1n) is 5.92. The van der Waals surface area contributed by atoms with Gasteiger partial charge in [0.15, 0.2) is 17.4 Å². The lowest BCUT2D eigenvalue weighted by atomic mass is 10.2. The number of hydrogen-bond donors (Lipinski definition) is 0. The largest absolute Gasteiger partial charge is 0.494 e. The first-order valence-corrected chi connectivity index (χ1v) is 5.92. The van der Waals surface area contributed by atoms with Gasteiger partial charge in [-0.25, -0.2) is 14.4 Å². The van der Waals surface area contributed by atoms with Crippen LogP contribution in [-0.2, 0) is 9.47 Å². The number of benzene rings is 1. The van der Waals surface area contributed by atoms with E-state index in [2.05, 4.69) is 9.97 Å². The lowest BCUT2D eigenvalue weighted by Crippen LogP contribution is -2.07. The van der Waals surface area contributed by atoms with E-state index in [1.165, 1.54) is 27.4 Å². The molecule has 6 heteroatoms. The van der Waals surface area contributed by atoms with Gasteiger partial charge in [0.2, 0.25) is 6.29 Å².